The molecule has 2 atom stereocenters. The first kappa shape index (κ1) is 19.7. The molecule has 3 heterocycles. The van der Waals surface area contributed by atoms with Crippen molar-refractivity contribution in [3.05, 3.63) is 33.3 Å². The standard InChI is InChI=1S/C16H19N3O6S2/c1-24-10-7-26-15-16(25-2,14(23)19(15)12(10)13(21)22)18-11(20)5-8-3-4-9(6-17)27-8/h3-4,15H,5-7,17H2,1-2H3,(H,18,20)(H,21,22)/t15-,16-/m0/s1. The van der Waals surface area contributed by atoms with Gasteiger partial charge < -0.3 is 25.6 Å². The lowest BCUT2D eigenvalue weighted by Crippen LogP contribution is -2.80. The Bertz CT molecular complexity index is 823. The van der Waals surface area contributed by atoms with Crippen LogP contribution in [-0.2, 0) is 36.8 Å². The van der Waals surface area contributed by atoms with E-state index in [9.17, 15) is 19.5 Å². The van der Waals surface area contributed by atoms with E-state index in [0.717, 1.165) is 14.7 Å². The van der Waals surface area contributed by atoms with Crippen LogP contribution in [0.15, 0.2) is 23.6 Å². The fraction of sp³-hybridized carbons (Fsp3) is 0.438. The molecule has 0 spiro atoms. The molecule has 2 aliphatic heterocycles. The third-order valence-corrected chi connectivity index (χ3v) is 6.74. The maximum atomic E-state index is 12.8. The van der Waals surface area contributed by atoms with Gasteiger partial charge in [0.25, 0.3) is 11.6 Å². The molecule has 1 aromatic heterocycles. The second-order valence-electron chi connectivity index (χ2n) is 5.86. The summed E-state index contributed by atoms with van der Waals surface area (Å²) >= 11 is 2.69. The minimum absolute atomic E-state index is 0.0748. The number of hydrogen-bond acceptors (Lipinski definition) is 8. The van der Waals surface area contributed by atoms with Crippen LogP contribution in [0.1, 0.15) is 9.75 Å². The molecular weight excluding hydrogens is 394 g/mol. The number of nitrogens with one attached hydrogen (secondary N) is 1. The Morgan fingerprint density at radius 3 is 2.67 bits per heavy atom. The summed E-state index contributed by atoms with van der Waals surface area (Å²) in [4.78, 5) is 39.7. The molecule has 9 nitrogen and oxygen atoms in total. The highest BCUT2D eigenvalue weighted by Gasteiger charge is 2.67. The quantitative estimate of drug-likeness (QED) is 0.423. The number of carbonyl (C=O) groups excluding carboxylic acids is 2. The van der Waals surface area contributed by atoms with Crippen LogP contribution in [0, 0.1) is 0 Å². The average molecular weight is 413 g/mol. The van der Waals surface area contributed by atoms with Gasteiger partial charge in [-0.25, -0.2) is 4.79 Å². The monoisotopic (exact) mass is 413 g/mol. The van der Waals surface area contributed by atoms with Crippen molar-refractivity contribution >= 4 is 40.9 Å². The van der Waals surface area contributed by atoms with E-state index in [1.54, 1.807) is 0 Å². The second kappa shape index (κ2) is 7.50. The Labute approximate surface area is 163 Å². The van der Waals surface area contributed by atoms with Gasteiger partial charge in [0.05, 0.1) is 19.3 Å². The number of thiophene rings is 1. The predicted molar refractivity (Wildman–Crippen MR) is 98.6 cm³/mol. The SMILES string of the molecule is COC1=C(C(=O)O)N2C(=O)[C@](NC(=O)Cc3ccc(CN)s3)(OC)[C@@H]2SC1. The molecule has 0 bridgehead atoms. The second-order valence-corrected chi connectivity index (χ2v) is 8.18. The van der Waals surface area contributed by atoms with Crippen molar-refractivity contribution in [1.82, 2.24) is 10.2 Å². The van der Waals surface area contributed by atoms with Gasteiger partial charge in [0.1, 0.15) is 11.1 Å². The van der Waals surface area contributed by atoms with E-state index < -0.39 is 28.9 Å². The van der Waals surface area contributed by atoms with E-state index in [-0.39, 0.29) is 23.6 Å². The van der Waals surface area contributed by atoms with Gasteiger partial charge in [-0.3, -0.25) is 14.5 Å². The van der Waals surface area contributed by atoms with Gasteiger partial charge in [-0.2, -0.15) is 0 Å². The van der Waals surface area contributed by atoms with Gasteiger partial charge in [0.15, 0.2) is 5.70 Å². The maximum absolute atomic E-state index is 12.8. The predicted octanol–water partition coefficient (Wildman–Crippen LogP) is 0.0659. The molecule has 0 radical (unpaired) electrons. The number of aliphatic carboxylic acids is 1. The highest BCUT2D eigenvalue weighted by molar-refractivity contribution is 8.00. The topological polar surface area (TPSA) is 131 Å². The van der Waals surface area contributed by atoms with Gasteiger partial charge in [-0.05, 0) is 12.1 Å². The first-order valence-electron chi connectivity index (χ1n) is 7.97. The molecule has 0 aliphatic carbocycles. The maximum Gasteiger partial charge on any atom is 0.356 e. The van der Waals surface area contributed by atoms with Crippen molar-refractivity contribution in [2.45, 2.75) is 24.1 Å². The molecule has 1 saturated heterocycles. The lowest BCUT2D eigenvalue weighted by atomic mass is 9.99. The Balaban J connectivity index is 1.79. The summed E-state index contributed by atoms with van der Waals surface area (Å²) in [5, 5.41) is 11.4. The van der Waals surface area contributed by atoms with Crippen molar-refractivity contribution in [3.63, 3.8) is 0 Å². The summed E-state index contributed by atoms with van der Waals surface area (Å²) in [6, 6.07) is 3.66. The lowest BCUT2D eigenvalue weighted by molar-refractivity contribution is -0.192. The van der Waals surface area contributed by atoms with Crippen molar-refractivity contribution in [1.29, 1.82) is 0 Å². The minimum Gasteiger partial charge on any atom is -0.498 e. The smallest absolute Gasteiger partial charge is 0.356 e. The van der Waals surface area contributed by atoms with Crippen LogP contribution in [-0.4, -0.2) is 58.9 Å². The van der Waals surface area contributed by atoms with E-state index in [1.165, 1.54) is 37.3 Å². The zero-order valence-corrected chi connectivity index (χ0v) is 16.3. The van der Waals surface area contributed by atoms with Crippen LogP contribution in [0.4, 0.5) is 0 Å². The number of methoxy groups -OCH3 is 2. The Kier molecular flexibility index (Phi) is 5.47. The summed E-state index contributed by atoms with van der Waals surface area (Å²) in [7, 11) is 2.66. The number of amides is 2. The molecule has 0 aromatic carbocycles. The van der Waals surface area contributed by atoms with Gasteiger partial charge in [0, 0.05) is 23.4 Å². The first-order valence-corrected chi connectivity index (χ1v) is 9.84. The van der Waals surface area contributed by atoms with Crippen LogP contribution < -0.4 is 11.1 Å². The fourth-order valence-corrected chi connectivity index (χ4v) is 5.34. The molecule has 4 N–H and O–H groups in total. The summed E-state index contributed by atoms with van der Waals surface area (Å²) in [6.07, 6.45) is 0.0748. The fourth-order valence-electron chi connectivity index (χ4n) is 3.04. The zero-order valence-electron chi connectivity index (χ0n) is 14.7. The summed E-state index contributed by atoms with van der Waals surface area (Å²) in [5.74, 6) is -1.86. The number of thioether (sulfide) groups is 1. The van der Waals surface area contributed by atoms with Gasteiger partial charge in [-0.1, -0.05) is 0 Å². The van der Waals surface area contributed by atoms with Crippen LogP contribution in [0.5, 0.6) is 0 Å². The van der Waals surface area contributed by atoms with Gasteiger partial charge in [0.2, 0.25) is 5.91 Å². The highest BCUT2D eigenvalue weighted by atomic mass is 32.2. The molecule has 0 unspecified atom stereocenters. The number of fused-ring (bicyclic) bond motifs is 1. The van der Waals surface area contributed by atoms with Crippen molar-refractivity contribution < 1.29 is 29.0 Å². The molecule has 2 aliphatic rings. The van der Waals surface area contributed by atoms with E-state index >= 15 is 0 Å². The van der Waals surface area contributed by atoms with Crippen LogP contribution in [0.25, 0.3) is 0 Å². The summed E-state index contributed by atoms with van der Waals surface area (Å²) in [6.45, 7) is 0.395. The van der Waals surface area contributed by atoms with E-state index in [4.69, 9.17) is 15.2 Å². The number of carboxylic acids is 1. The average Bonchev–Trinajstić information content (AvgIpc) is 3.11. The Morgan fingerprint density at radius 1 is 1.41 bits per heavy atom. The number of carbonyl (C=O) groups is 3. The van der Waals surface area contributed by atoms with Gasteiger partial charge in [-0.15, -0.1) is 23.1 Å². The third-order valence-electron chi connectivity index (χ3n) is 4.35. The molecule has 11 heteroatoms. The van der Waals surface area contributed by atoms with Crippen molar-refractivity contribution in [3.8, 4) is 0 Å². The third kappa shape index (κ3) is 3.20. The van der Waals surface area contributed by atoms with Crippen LogP contribution in [0.2, 0.25) is 0 Å². The van der Waals surface area contributed by atoms with E-state index in [2.05, 4.69) is 5.32 Å². The van der Waals surface area contributed by atoms with E-state index in [1.807, 2.05) is 12.1 Å². The number of rotatable bonds is 7. The molecule has 1 aromatic rings. The van der Waals surface area contributed by atoms with Crippen LogP contribution >= 0.6 is 23.1 Å². The number of β-lactam (4-membered cyclic amide) rings is 1. The largest absolute Gasteiger partial charge is 0.498 e. The van der Waals surface area contributed by atoms with Crippen molar-refractivity contribution in [2.75, 3.05) is 20.0 Å². The normalized spacial score (nSPS) is 24.3. The Hall–Kier alpha value is -2.08. The lowest BCUT2D eigenvalue weighted by Gasteiger charge is -2.55. The van der Waals surface area contributed by atoms with Crippen LogP contribution in [0.3, 0.4) is 0 Å². The number of carboxylic acid groups (broad SMARTS) is 1. The first-order chi connectivity index (χ1) is 12.9. The molecule has 27 heavy (non-hydrogen) atoms. The molecule has 0 saturated carbocycles. The minimum atomic E-state index is -1.60. The van der Waals surface area contributed by atoms with Gasteiger partial charge >= 0.3 is 5.97 Å². The summed E-state index contributed by atoms with van der Waals surface area (Å²) in [5.41, 5.74) is 3.75. The molecule has 1 fully saturated rings. The number of ether oxygens (including phenoxy) is 2. The Morgan fingerprint density at radius 2 is 2.11 bits per heavy atom. The molecular formula is C16H19N3O6S2. The number of hydrogen-bond donors (Lipinski definition) is 3. The molecule has 146 valence electrons. The van der Waals surface area contributed by atoms with E-state index in [0.29, 0.717) is 6.54 Å². The van der Waals surface area contributed by atoms with Crippen molar-refractivity contribution in [2.24, 2.45) is 5.73 Å². The summed E-state index contributed by atoms with van der Waals surface area (Å²) < 4.78 is 10.5. The zero-order chi connectivity index (χ0) is 19.8. The highest BCUT2D eigenvalue weighted by Crippen LogP contribution is 2.46. The molecule has 2 amide bonds. The molecule has 3 rings (SSSR count). The number of nitrogens with two attached hydrogens (primary N) is 1. The number of nitrogens with zero attached hydrogens (tertiary/aromatic N) is 1.